The first-order valence-corrected chi connectivity index (χ1v) is 5.62. The lowest BCUT2D eigenvalue weighted by molar-refractivity contribution is -0.325. The van der Waals surface area contributed by atoms with Gasteiger partial charge in [-0.1, -0.05) is 25.1 Å². The Morgan fingerprint density at radius 1 is 1.22 bits per heavy atom. The Labute approximate surface area is 104 Å². The van der Waals surface area contributed by atoms with Crippen molar-refractivity contribution < 1.29 is 22.6 Å². The maximum Gasteiger partial charge on any atom is 0.522 e. The molecule has 0 aromatic heterocycles. The molecule has 0 unspecified atom stereocenters. The van der Waals surface area contributed by atoms with E-state index in [1.54, 1.807) is 18.2 Å². The van der Waals surface area contributed by atoms with E-state index in [1.807, 2.05) is 13.0 Å². The van der Waals surface area contributed by atoms with Gasteiger partial charge in [0, 0.05) is 11.6 Å². The van der Waals surface area contributed by atoms with Gasteiger partial charge in [0.1, 0.15) is 12.4 Å². The monoisotopic (exact) mass is 263 g/mol. The van der Waals surface area contributed by atoms with Crippen LogP contribution in [-0.4, -0.2) is 19.6 Å². The van der Waals surface area contributed by atoms with Crippen molar-refractivity contribution in [2.24, 2.45) is 5.73 Å². The van der Waals surface area contributed by atoms with E-state index in [9.17, 15) is 13.2 Å². The fraction of sp³-hybridized carbons (Fsp3) is 0.500. The zero-order valence-corrected chi connectivity index (χ0v) is 10.0. The minimum absolute atomic E-state index is 0.174. The molecule has 0 radical (unpaired) electrons. The van der Waals surface area contributed by atoms with Gasteiger partial charge < -0.3 is 10.5 Å². The fourth-order valence-electron chi connectivity index (χ4n) is 1.45. The normalized spacial score (nSPS) is 13.4. The third-order valence-electron chi connectivity index (χ3n) is 2.36. The van der Waals surface area contributed by atoms with E-state index < -0.39 is 13.0 Å². The molecule has 3 nitrogen and oxygen atoms in total. The highest BCUT2D eigenvalue weighted by Gasteiger charge is 2.28. The molecule has 6 heteroatoms. The summed E-state index contributed by atoms with van der Waals surface area (Å²) in [5.41, 5.74) is 6.66. The summed E-state index contributed by atoms with van der Waals surface area (Å²) in [5, 5.41) is 0. The molecular weight excluding hydrogens is 247 g/mol. The zero-order valence-electron chi connectivity index (χ0n) is 10.0. The number of para-hydroxylation sites is 1. The molecule has 2 N–H and O–H groups in total. The Kier molecular flexibility index (Phi) is 5.43. The Balaban J connectivity index is 2.52. The maximum absolute atomic E-state index is 11.7. The molecule has 0 saturated carbocycles. The van der Waals surface area contributed by atoms with E-state index in [-0.39, 0.29) is 12.6 Å². The SMILES string of the molecule is CC[C@@H](N)c1ccccc1OCCOC(F)(F)F. The first kappa shape index (κ1) is 14.8. The first-order valence-electron chi connectivity index (χ1n) is 5.62. The van der Waals surface area contributed by atoms with Gasteiger partial charge in [-0.3, -0.25) is 4.74 Å². The molecular formula is C12H16F3NO2. The van der Waals surface area contributed by atoms with E-state index in [0.29, 0.717) is 5.75 Å². The predicted molar refractivity (Wildman–Crippen MR) is 61.2 cm³/mol. The molecule has 1 atom stereocenters. The molecule has 0 aliphatic rings. The molecule has 0 amide bonds. The van der Waals surface area contributed by atoms with Crippen LogP contribution in [-0.2, 0) is 4.74 Å². The standard InChI is InChI=1S/C12H16F3NO2/c1-2-10(16)9-5-3-4-6-11(9)17-7-8-18-12(13,14)15/h3-6,10H,2,7-8,16H2,1H3/t10-/m1/s1. The molecule has 102 valence electrons. The quantitative estimate of drug-likeness (QED) is 0.802. The van der Waals surface area contributed by atoms with Crippen LogP contribution in [0.2, 0.25) is 0 Å². The van der Waals surface area contributed by atoms with Crippen LogP contribution in [0.25, 0.3) is 0 Å². The van der Waals surface area contributed by atoms with Crippen LogP contribution >= 0.6 is 0 Å². The maximum atomic E-state index is 11.7. The summed E-state index contributed by atoms with van der Waals surface area (Å²) in [6, 6.07) is 6.84. The highest BCUT2D eigenvalue weighted by atomic mass is 19.4. The minimum Gasteiger partial charge on any atom is -0.491 e. The third kappa shape index (κ3) is 4.93. The van der Waals surface area contributed by atoms with Gasteiger partial charge in [-0.15, -0.1) is 13.2 Å². The van der Waals surface area contributed by atoms with Crippen molar-refractivity contribution in [1.29, 1.82) is 0 Å². The number of benzene rings is 1. The smallest absolute Gasteiger partial charge is 0.491 e. The average Bonchev–Trinajstić information content (AvgIpc) is 2.33. The Morgan fingerprint density at radius 3 is 2.50 bits per heavy atom. The van der Waals surface area contributed by atoms with Gasteiger partial charge in [0.05, 0.1) is 6.61 Å². The molecule has 18 heavy (non-hydrogen) atoms. The van der Waals surface area contributed by atoms with Gasteiger partial charge in [-0.2, -0.15) is 0 Å². The summed E-state index contributed by atoms with van der Waals surface area (Å²) in [6.45, 7) is 1.21. The topological polar surface area (TPSA) is 44.5 Å². The summed E-state index contributed by atoms with van der Waals surface area (Å²) >= 11 is 0. The Bertz CT molecular complexity index is 369. The summed E-state index contributed by atoms with van der Waals surface area (Å²) < 4.78 is 44.1. The van der Waals surface area contributed by atoms with Crippen molar-refractivity contribution in [3.63, 3.8) is 0 Å². The van der Waals surface area contributed by atoms with Crippen LogP contribution in [0.3, 0.4) is 0 Å². The number of alkyl halides is 3. The van der Waals surface area contributed by atoms with Gasteiger partial charge in [0.25, 0.3) is 0 Å². The van der Waals surface area contributed by atoms with Gasteiger partial charge >= 0.3 is 6.36 Å². The van der Waals surface area contributed by atoms with E-state index in [1.165, 1.54) is 0 Å². The van der Waals surface area contributed by atoms with Crippen LogP contribution in [0.15, 0.2) is 24.3 Å². The Morgan fingerprint density at radius 2 is 1.89 bits per heavy atom. The number of hydrogen-bond donors (Lipinski definition) is 1. The Hall–Kier alpha value is -1.27. The molecule has 0 aliphatic heterocycles. The summed E-state index contributed by atoms with van der Waals surface area (Å²) in [7, 11) is 0. The van der Waals surface area contributed by atoms with Crippen molar-refractivity contribution in [3.05, 3.63) is 29.8 Å². The van der Waals surface area contributed by atoms with Crippen LogP contribution in [0.4, 0.5) is 13.2 Å². The summed E-state index contributed by atoms with van der Waals surface area (Å²) in [6.07, 6.45) is -3.90. The lowest BCUT2D eigenvalue weighted by Crippen LogP contribution is -2.19. The molecule has 0 saturated heterocycles. The minimum atomic E-state index is -4.62. The second-order valence-electron chi connectivity index (χ2n) is 3.70. The van der Waals surface area contributed by atoms with Crippen molar-refractivity contribution in [2.75, 3.05) is 13.2 Å². The molecule has 1 aromatic carbocycles. The van der Waals surface area contributed by atoms with Crippen LogP contribution < -0.4 is 10.5 Å². The van der Waals surface area contributed by atoms with E-state index in [0.717, 1.165) is 12.0 Å². The lowest BCUT2D eigenvalue weighted by Gasteiger charge is -2.15. The van der Waals surface area contributed by atoms with Crippen molar-refractivity contribution in [2.45, 2.75) is 25.7 Å². The molecule has 1 aromatic rings. The number of nitrogens with two attached hydrogens (primary N) is 1. The van der Waals surface area contributed by atoms with Crippen molar-refractivity contribution in [1.82, 2.24) is 0 Å². The lowest BCUT2D eigenvalue weighted by atomic mass is 10.0. The van der Waals surface area contributed by atoms with Gasteiger partial charge in [0.2, 0.25) is 0 Å². The van der Waals surface area contributed by atoms with Crippen molar-refractivity contribution >= 4 is 0 Å². The highest BCUT2D eigenvalue weighted by molar-refractivity contribution is 5.35. The van der Waals surface area contributed by atoms with E-state index in [4.69, 9.17) is 10.5 Å². The summed E-state index contributed by atoms with van der Waals surface area (Å²) in [5.74, 6) is 0.498. The molecule has 0 fully saturated rings. The highest BCUT2D eigenvalue weighted by Crippen LogP contribution is 2.25. The van der Waals surface area contributed by atoms with Crippen molar-refractivity contribution in [3.8, 4) is 5.75 Å². The van der Waals surface area contributed by atoms with Gasteiger partial charge in [-0.25, -0.2) is 0 Å². The van der Waals surface area contributed by atoms with Crippen LogP contribution in [0.5, 0.6) is 5.75 Å². The van der Waals surface area contributed by atoms with Crippen LogP contribution in [0, 0.1) is 0 Å². The van der Waals surface area contributed by atoms with E-state index in [2.05, 4.69) is 4.74 Å². The number of halogens is 3. The van der Waals surface area contributed by atoms with Gasteiger partial charge in [0.15, 0.2) is 0 Å². The second-order valence-corrected chi connectivity index (χ2v) is 3.70. The molecule has 1 rings (SSSR count). The molecule has 0 spiro atoms. The number of hydrogen-bond acceptors (Lipinski definition) is 3. The summed E-state index contributed by atoms with van der Waals surface area (Å²) in [4.78, 5) is 0. The van der Waals surface area contributed by atoms with E-state index >= 15 is 0 Å². The average molecular weight is 263 g/mol. The largest absolute Gasteiger partial charge is 0.522 e. The number of ether oxygens (including phenoxy) is 2. The molecule has 0 heterocycles. The fourth-order valence-corrected chi connectivity index (χ4v) is 1.45. The first-order chi connectivity index (χ1) is 8.44. The van der Waals surface area contributed by atoms with Crippen LogP contribution in [0.1, 0.15) is 24.9 Å². The molecule has 0 bridgehead atoms. The second kappa shape index (κ2) is 6.61. The third-order valence-corrected chi connectivity index (χ3v) is 2.36. The molecule has 0 aliphatic carbocycles. The number of rotatable bonds is 6. The predicted octanol–water partition coefficient (Wildman–Crippen LogP) is 3.01. The zero-order chi connectivity index (χ0) is 13.6. The van der Waals surface area contributed by atoms with Gasteiger partial charge in [-0.05, 0) is 12.5 Å².